The fraction of sp³-hybridized carbons (Fsp3) is 0.182. The Labute approximate surface area is 86.6 Å². The highest BCUT2D eigenvalue weighted by Gasteiger charge is 2.01. The second kappa shape index (κ2) is 3.42. The smallest absolute Gasteiger partial charge is 0.265 e. The van der Waals surface area contributed by atoms with E-state index in [1.54, 1.807) is 15.4 Å². The van der Waals surface area contributed by atoms with Crippen LogP contribution >= 0.6 is 11.5 Å². The molecular weight excluding hydrogens is 194 g/mol. The zero-order valence-corrected chi connectivity index (χ0v) is 8.97. The summed E-state index contributed by atoms with van der Waals surface area (Å²) >= 11 is 1.42. The van der Waals surface area contributed by atoms with Gasteiger partial charge in [-0.15, -0.1) is 0 Å². The lowest BCUT2D eigenvalue weighted by molar-refractivity contribution is 1.12. The molecule has 72 valence electrons. The molecule has 0 amide bonds. The van der Waals surface area contributed by atoms with Crippen molar-refractivity contribution in [1.82, 2.24) is 3.96 Å². The van der Waals surface area contributed by atoms with Gasteiger partial charge >= 0.3 is 0 Å². The maximum Gasteiger partial charge on any atom is 0.265 e. The van der Waals surface area contributed by atoms with Crippen LogP contribution in [0.5, 0.6) is 0 Å². The van der Waals surface area contributed by atoms with Gasteiger partial charge in [0, 0.05) is 11.4 Å². The van der Waals surface area contributed by atoms with Crippen LogP contribution in [0.25, 0.3) is 5.69 Å². The van der Waals surface area contributed by atoms with Crippen molar-refractivity contribution < 1.29 is 0 Å². The van der Waals surface area contributed by atoms with E-state index in [1.165, 1.54) is 22.7 Å². The Morgan fingerprint density at radius 1 is 1.14 bits per heavy atom. The SMILES string of the molecule is Cc1cc(C)cc(-n2sccc2=O)c1. The van der Waals surface area contributed by atoms with Crippen molar-refractivity contribution in [1.29, 1.82) is 0 Å². The zero-order chi connectivity index (χ0) is 10.1. The summed E-state index contributed by atoms with van der Waals surface area (Å²) in [5.74, 6) is 0. The van der Waals surface area contributed by atoms with Gasteiger partial charge < -0.3 is 0 Å². The third kappa shape index (κ3) is 1.63. The van der Waals surface area contributed by atoms with Crippen LogP contribution in [0, 0.1) is 13.8 Å². The Bertz CT molecular complexity index is 490. The van der Waals surface area contributed by atoms with Crippen LogP contribution in [-0.4, -0.2) is 3.96 Å². The van der Waals surface area contributed by atoms with E-state index in [1.807, 2.05) is 26.0 Å². The van der Waals surface area contributed by atoms with Crippen LogP contribution in [0.15, 0.2) is 34.4 Å². The number of hydrogen-bond acceptors (Lipinski definition) is 2. The summed E-state index contributed by atoms with van der Waals surface area (Å²) in [5, 5.41) is 1.81. The molecule has 3 heteroatoms. The van der Waals surface area contributed by atoms with Crippen molar-refractivity contribution in [2.45, 2.75) is 13.8 Å². The summed E-state index contributed by atoms with van der Waals surface area (Å²) in [6.45, 7) is 4.07. The molecule has 0 spiro atoms. The average Bonchev–Trinajstić information content (AvgIpc) is 2.49. The zero-order valence-electron chi connectivity index (χ0n) is 8.15. The maximum atomic E-state index is 11.4. The van der Waals surface area contributed by atoms with E-state index in [0.29, 0.717) is 0 Å². The highest BCUT2D eigenvalue weighted by atomic mass is 32.1. The summed E-state index contributed by atoms with van der Waals surface area (Å²) in [7, 11) is 0. The van der Waals surface area contributed by atoms with Gasteiger partial charge in [0.25, 0.3) is 5.56 Å². The standard InChI is InChI=1S/C11H11NOS/c1-8-5-9(2)7-10(6-8)12-11(13)3-4-14-12/h3-7H,1-2H3. The molecule has 1 aromatic heterocycles. The largest absolute Gasteiger partial charge is 0.268 e. The molecular formula is C11H11NOS. The first-order chi connectivity index (χ1) is 6.66. The Balaban J connectivity index is 2.63. The number of hydrogen-bond donors (Lipinski definition) is 0. The lowest BCUT2D eigenvalue weighted by Gasteiger charge is -2.03. The van der Waals surface area contributed by atoms with E-state index in [-0.39, 0.29) is 5.56 Å². The van der Waals surface area contributed by atoms with Gasteiger partial charge in [0.1, 0.15) is 0 Å². The first-order valence-corrected chi connectivity index (χ1v) is 5.26. The second-order valence-corrected chi connectivity index (χ2v) is 4.23. The summed E-state index contributed by atoms with van der Waals surface area (Å²) in [5.41, 5.74) is 3.36. The predicted octanol–water partition coefficient (Wildman–Crippen LogP) is 2.52. The summed E-state index contributed by atoms with van der Waals surface area (Å²) in [4.78, 5) is 11.4. The number of rotatable bonds is 1. The van der Waals surface area contributed by atoms with E-state index in [0.717, 1.165) is 5.69 Å². The molecule has 1 aromatic carbocycles. The van der Waals surface area contributed by atoms with E-state index in [2.05, 4.69) is 6.07 Å². The van der Waals surface area contributed by atoms with Gasteiger partial charge in [-0.05, 0) is 37.1 Å². The quantitative estimate of drug-likeness (QED) is 0.701. The number of aryl methyl sites for hydroxylation is 2. The van der Waals surface area contributed by atoms with Gasteiger partial charge in [-0.25, -0.2) is 3.96 Å². The van der Waals surface area contributed by atoms with Gasteiger partial charge in [0.05, 0.1) is 5.69 Å². The third-order valence-electron chi connectivity index (χ3n) is 2.02. The molecule has 0 saturated heterocycles. The Kier molecular flexibility index (Phi) is 2.25. The molecule has 2 aromatic rings. The molecule has 0 aliphatic rings. The molecule has 0 N–H and O–H groups in total. The van der Waals surface area contributed by atoms with Crippen molar-refractivity contribution in [3.63, 3.8) is 0 Å². The molecule has 0 bridgehead atoms. The van der Waals surface area contributed by atoms with E-state index < -0.39 is 0 Å². The van der Waals surface area contributed by atoms with Crippen LogP contribution in [0.2, 0.25) is 0 Å². The van der Waals surface area contributed by atoms with E-state index in [4.69, 9.17) is 0 Å². The lowest BCUT2D eigenvalue weighted by atomic mass is 10.1. The summed E-state index contributed by atoms with van der Waals surface area (Å²) < 4.78 is 1.69. The molecule has 0 saturated carbocycles. The minimum Gasteiger partial charge on any atom is -0.268 e. The van der Waals surface area contributed by atoms with Crippen LogP contribution in [0.1, 0.15) is 11.1 Å². The van der Waals surface area contributed by atoms with Crippen molar-refractivity contribution >= 4 is 11.5 Å². The first kappa shape index (κ1) is 9.21. The lowest BCUT2D eigenvalue weighted by Crippen LogP contribution is -2.09. The van der Waals surface area contributed by atoms with Gasteiger partial charge in [0.15, 0.2) is 0 Å². The molecule has 0 aliphatic heterocycles. The fourth-order valence-electron chi connectivity index (χ4n) is 1.53. The van der Waals surface area contributed by atoms with Crippen molar-refractivity contribution in [2.75, 3.05) is 0 Å². The Morgan fingerprint density at radius 3 is 2.29 bits per heavy atom. The van der Waals surface area contributed by atoms with Gasteiger partial charge in [-0.2, -0.15) is 0 Å². The van der Waals surface area contributed by atoms with Gasteiger partial charge in [-0.1, -0.05) is 17.6 Å². The molecule has 0 atom stereocenters. The van der Waals surface area contributed by atoms with Crippen molar-refractivity contribution in [2.24, 2.45) is 0 Å². The predicted molar refractivity (Wildman–Crippen MR) is 59.4 cm³/mol. The monoisotopic (exact) mass is 205 g/mol. The highest BCUT2D eigenvalue weighted by Crippen LogP contribution is 2.13. The van der Waals surface area contributed by atoms with Crippen LogP contribution in [0.4, 0.5) is 0 Å². The highest BCUT2D eigenvalue weighted by molar-refractivity contribution is 7.04. The molecule has 0 radical (unpaired) electrons. The molecule has 2 rings (SSSR count). The number of nitrogens with zero attached hydrogens (tertiary/aromatic N) is 1. The Morgan fingerprint density at radius 2 is 1.79 bits per heavy atom. The van der Waals surface area contributed by atoms with Crippen molar-refractivity contribution in [3.05, 3.63) is 51.1 Å². The molecule has 1 heterocycles. The Hall–Kier alpha value is -1.35. The number of benzene rings is 1. The fourth-order valence-corrected chi connectivity index (χ4v) is 2.22. The molecule has 2 nitrogen and oxygen atoms in total. The minimum absolute atomic E-state index is 0.0417. The second-order valence-electron chi connectivity index (χ2n) is 3.39. The average molecular weight is 205 g/mol. The van der Waals surface area contributed by atoms with Crippen LogP contribution in [-0.2, 0) is 0 Å². The topological polar surface area (TPSA) is 22.0 Å². The minimum atomic E-state index is 0.0417. The van der Waals surface area contributed by atoms with E-state index >= 15 is 0 Å². The first-order valence-electron chi connectivity index (χ1n) is 4.42. The van der Waals surface area contributed by atoms with E-state index in [9.17, 15) is 4.79 Å². The van der Waals surface area contributed by atoms with Gasteiger partial charge in [-0.3, -0.25) is 4.79 Å². The molecule has 0 aliphatic carbocycles. The normalized spacial score (nSPS) is 10.4. The molecule has 14 heavy (non-hydrogen) atoms. The van der Waals surface area contributed by atoms with Crippen molar-refractivity contribution in [3.8, 4) is 5.69 Å². The molecule has 0 fully saturated rings. The molecule has 0 unspecified atom stereocenters. The van der Waals surface area contributed by atoms with Crippen LogP contribution in [0.3, 0.4) is 0 Å². The maximum absolute atomic E-state index is 11.4. The van der Waals surface area contributed by atoms with Crippen LogP contribution < -0.4 is 5.56 Å². The summed E-state index contributed by atoms with van der Waals surface area (Å²) in [6.07, 6.45) is 0. The third-order valence-corrected chi connectivity index (χ3v) is 2.88. The van der Waals surface area contributed by atoms with Gasteiger partial charge in [0.2, 0.25) is 0 Å². The summed E-state index contributed by atoms with van der Waals surface area (Å²) in [6, 6.07) is 7.72. The number of aromatic nitrogens is 1.